The maximum Gasteiger partial charge on any atom is 0.275 e. The van der Waals surface area contributed by atoms with Crippen LogP contribution >= 0.6 is 38.9 Å². The van der Waals surface area contributed by atoms with E-state index in [0.29, 0.717) is 32.9 Å². The molecule has 2 heterocycles. The highest BCUT2D eigenvalue weighted by Gasteiger charge is 2.35. The van der Waals surface area contributed by atoms with E-state index in [9.17, 15) is 9.59 Å². The number of anilines is 2. The van der Waals surface area contributed by atoms with Gasteiger partial charge in [0.1, 0.15) is 10.7 Å². The first-order chi connectivity index (χ1) is 16.6. The van der Waals surface area contributed by atoms with Crippen molar-refractivity contribution in [1.82, 2.24) is 0 Å². The molecule has 0 fully saturated rings. The van der Waals surface area contributed by atoms with Crippen LogP contribution in [0, 0.1) is 11.3 Å². The van der Waals surface area contributed by atoms with Gasteiger partial charge in [0.15, 0.2) is 0 Å². The molecule has 0 radical (unpaired) electrons. The van der Waals surface area contributed by atoms with Gasteiger partial charge in [-0.05, 0) is 78.6 Å². The SMILES string of the molecule is CC(C)(C)[C@@H]1CCc2c(sc(N=C3C(=O)Nc4ccc(Br)cc43)c2C(=O)Nc2ccc(Cl)cc2)C1. The normalized spacial score (nSPS) is 18.3. The summed E-state index contributed by atoms with van der Waals surface area (Å²) in [6.45, 7) is 6.80. The van der Waals surface area contributed by atoms with Gasteiger partial charge in [-0.15, -0.1) is 11.3 Å². The zero-order valence-corrected chi connectivity index (χ0v) is 22.8. The highest BCUT2D eigenvalue weighted by Crippen LogP contribution is 2.46. The number of rotatable bonds is 3. The third-order valence-corrected chi connectivity index (χ3v) is 8.61. The second-order valence-corrected chi connectivity index (χ2v) is 12.5. The van der Waals surface area contributed by atoms with Crippen molar-refractivity contribution in [3.05, 3.63) is 73.5 Å². The number of halogens is 2. The van der Waals surface area contributed by atoms with E-state index in [1.807, 2.05) is 18.2 Å². The topological polar surface area (TPSA) is 70.6 Å². The number of hydrogen-bond acceptors (Lipinski definition) is 4. The number of fused-ring (bicyclic) bond motifs is 2. The van der Waals surface area contributed by atoms with Crippen molar-refractivity contribution in [2.75, 3.05) is 10.6 Å². The minimum atomic E-state index is -0.263. The van der Waals surface area contributed by atoms with Crippen molar-refractivity contribution < 1.29 is 9.59 Å². The lowest BCUT2D eigenvalue weighted by molar-refractivity contribution is -0.110. The van der Waals surface area contributed by atoms with Gasteiger partial charge < -0.3 is 10.6 Å². The van der Waals surface area contributed by atoms with E-state index in [0.717, 1.165) is 40.5 Å². The van der Waals surface area contributed by atoms with Gasteiger partial charge in [-0.2, -0.15) is 0 Å². The quantitative estimate of drug-likeness (QED) is 0.340. The van der Waals surface area contributed by atoms with E-state index in [2.05, 4.69) is 47.3 Å². The third kappa shape index (κ3) is 4.82. The number of aliphatic imine (C=N–C) groups is 1. The fourth-order valence-electron chi connectivity index (χ4n) is 4.69. The van der Waals surface area contributed by atoms with Gasteiger partial charge in [0, 0.05) is 25.6 Å². The minimum Gasteiger partial charge on any atom is -0.322 e. The molecular formula is C27H25BrClN3O2S. The molecule has 2 aromatic carbocycles. The Bertz CT molecular complexity index is 1370. The summed E-state index contributed by atoms with van der Waals surface area (Å²) in [4.78, 5) is 32.4. The third-order valence-electron chi connectivity index (χ3n) is 6.71. The van der Waals surface area contributed by atoms with Crippen molar-refractivity contribution in [2.45, 2.75) is 40.0 Å². The van der Waals surface area contributed by atoms with Crippen LogP contribution in [0.2, 0.25) is 5.02 Å². The molecule has 2 amide bonds. The zero-order valence-electron chi connectivity index (χ0n) is 19.7. The molecule has 180 valence electrons. The average molecular weight is 571 g/mol. The van der Waals surface area contributed by atoms with Gasteiger partial charge in [-0.25, -0.2) is 4.99 Å². The molecule has 0 unspecified atom stereocenters. The predicted octanol–water partition coefficient (Wildman–Crippen LogP) is 7.64. The summed E-state index contributed by atoms with van der Waals surface area (Å²) in [6.07, 6.45) is 2.74. The number of carbonyl (C=O) groups is 2. The number of amides is 2. The Morgan fingerprint density at radius 1 is 1.20 bits per heavy atom. The van der Waals surface area contributed by atoms with Crippen LogP contribution in [-0.2, 0) is 17.6 Å². The molecule has 5 nitrogen and oxygen atoms in total. The zero-order chi connectivity index (χ0) is 24.9. The van der Waals surface area contributed by atoms with Crippen LogP contribution < -0.4 is 10.6 Å². The summed E-state index contributed by atoms with van der Waals surface area (Å²) in [7, 11) is 0. The summed E-state index contributed by atoms with van der Waals surface area (Å²) in [6, 6.07) is 12.6. The smallest absolute Gasteiger partial charge is 0.275 e. The Morgan fingerprint density at radius 2 is 1.94 bits per heavy atom. The number of thiophene rings is 1. The monoisotopic (exact) mass is 569 g/mol. The van der Waals surface area contributed by atoms with Crippen molar-refractivity contribution in [3.63, 3.8) is 0 Å². The Labute approximate surface area is 222 Å². The largest absolute Gasteiger partial charge is 0.322 e. The molecule has 0 saturated carbocycles. The van der Waals surface area contributed by atoms with Gasteiger partial charge in [0.2, 0.25) is 0 Å². The van der Waals surface area contributed by atoms with Crippen molar-refractivity contribution in [2.24, 2.45) is 16.3 Å². The van der Waals surface area contributed by atoms with Crippen LogP contribution in [0.5, 0.6) is 0 Å². The van der Waals surface area contributed by atoms with Gasteiger partial charge >= 0.3 is 0 Å². The first kappa shape index (κ1) is 24.2. The highest BCUT2D eigenvalue weighted by atomic mass is 79.9. The maximum atomic E-state index is 13.6. The van der Waals surface area contributed by atoms with Crippen LogP contribution in [0.4, 0.5) is 16.4 Å². The lowest BCUT2D eigenvalue weighted by Crippen LogP contribution is -2.27. The highest BCUT2D eigenvalue weighted by molar-refractivity contribution is 9.10. The number of carbonyl (C=O) groups excluding carboxylic acids is 2. The lowest BCUT2D eigenvalue weighted by atomic mass is 9.72. The Hall–Kier alpha value is -2.48. The van der Waals surface area contributed by atoms with E-state index in [4.69, 9.17) is 16.6 Å². The van der Waals surface area contributed by atoms with Gasteiger partial charge in [-0.1, -0.05) is 48.3 Å². The molecule has 1 aliphatic carbocycles. The minimum absolute atomic E-state index is 0.177. The number of nitrogens with one attached hydrogen (secondary N) is 2. The number of benzene rings is 2. The molecule has 1 aromatic heterocycles. The molecule has 1 aliphatic heterocycles. The summed E-state index contributed by atoms with van der Waals surface area (Å²) < 4.78 is 0.861. The average Bonchev–Trinajstić information content (AvgIpc) is 3.31. The van der Waals surface area contributed by atoms with Crippen LogP contribution in [0.25, 0.3) is 0 Å². The Kier molecular flexibility index (Phi) is 6.36. The molecule has 8 heteroatoms. The van der Waals surface area contributed by atoms with Gasteiger partial charge in [0.05, 0.1) is 11.3 Å². The predicted molar refractivity (Wildman–Crippen MR) is 148 cm³/mol. The summed E-state index contributed by atoms with van der Waals surface area (Å²) in [5.41, 5.74) is 4.23. The fourth-order valence-corrected chi connectivity index (χ4v) is 6.48. The van der Waals surface area contributed by atoms with Crippen LogP contribution in [0.1, 0.15) is 53.6 Å². The van der Waals surface area contributed by atoms with E-state index >= 15 is 0 Å². The molecule has 2 N–H and O–H groups in total. The van der Waals surface area contributed by atoms with Crippen molar-refractivity contribution in [1.29, 1.82) is 0 Å². The van der Waals surface area contributed by atoms with Crippen molar-refractivity contribution in [3.8, 4) is 0 Å². The second-order valence-electron chi connectivity index (χ2n) is 10.1. The molecule has 3 aromatic rings. The summed E-state index contributed by atoms with van der Waals surface area (Å²) >= 11 is 11.0. The van der Waals surface area contributed by atoms with E-state index in [1.54, 1.807) is 24.3 Å². The lowest BCUT2D eigenvalue weighted by Gasteiger charge is -2.33. The van der Waals surface area contributed by atoms with Crippen LogP contribution in [0.3, 0.4) is 0 Å². The van der Waals surface area contributed by atoms with E-state index < -0.39 is 0 Å². The summed E-state index contributed by atoms with van der Waals surface area (Å²) in [5.74, 6) is 0.0418. The van der Waals surface area contributed by atoms with Gasteiger partial charge in [0.25, 0.3) is 11.8 Å². The molecule has 0 bridgehead atoms. The molecule has 1 atom stereocenters. The van der Waals surface area contributed by atoms with Crippen molar-refractivity contribution >= 4 is 72.8 Å². The first-order valence-corrected chi connectivity index (χ1v) is 13.5. The Morgan fingerprint density at radius 3 is 2.66 bits per heavy atom. The number of nitrogens with zero attached hydrogens (tertiary/aromatic N) is 1. The Balaban J connectivity index is 1.59. The number of hydrogen-bond donors (Lipinski definition) is 2. The molecule has 35 heavy (non-hydrogen) atoms. The van der Waals surface area contributed by atoms with E-state index in [1.165, 1.54) is 16.2 Å². The first-order valence-electron chi connectivity index (χ1n) is 11.5. The maximum absolute atomic E-state index is 13.6. The standard InChI is InChI=1S/C27H25BrClN3O2S/c1-27(2,3)14-4-10-18-21(12-14)35-26(22(18)24(33)30-17-8-6-16(29)7-9-17)32-23-19-13-15(28)5-11-20(19)31-25(23)34/h5-9,11,13-14H,4,10,12H2,1-3H3,(H,30,33)(H,31,32,34)/t14-/m1/s1. The van der Waals surface area contributed by atoms with Gasteiger partial charge in [-0.3, -0.25) is 9.59 Å². The molecule has 0 saturated heterocycles. The second kappa shape index (κ2) is 9.19. The molecule has 2 aliphatic rings. The molecule has 5 rings (SSSR count). The molecular weight excluding hydrogens is 546 g/mol. The van der Waals surface area contributed by atoms with Crippen LogP contribution in [-0.4, -0.2) is 17.5 Å². The molecule has 0 spiro atoms. The van der Waals surface area contributed by atoms with Crippen LogP contribution in [0.15, 0.2) is 51.9 Å². The fraction of sp³-hybridized carbons (Fsp3) is 0.296. The van der Waals surface area contributed by atoms with E-state index in [-0.39, 0.29) is 17.2 Å². The summed E-state index contributed by atoms with van der Waals surface area (Å²) in [5, 5.41) is 7.06.